The van der Waals surface area contributed by atoms with E-state index in [1.165, 1.54) is 54.9 Å². The predicted molar refractivity (Wildman–Crippen MR) is 192 cm³/mol. The van der Waals surface area contributed by atoms with Gasteiger partial charge in [-0.2, -0.15) is 4.98 Å². The van der Waals surface area contributed by atoms with Crippen LogP contribution in [0.2, 0.25) is 0 Å². The van der Waals surface area contributed by atoms with Crippen molar-refractivity contribution in [2.24, 2.45) is 0 Å². The second kappa shape index (κ2) is 13.0. The Hall–Kier alpha value is -3.00. The van der Waals surface area contributed by atoms with Crippen LogP contribution in [0.1, 0.15) is 55.7 Å². The first kappa shape index (κ1) is 30.6. The first-order chi connectivity index (χ1) is 21.9. The minimum atomic E-state index is -0.400. The number of ether oxygens (including phenoxy) is 1. The molecule has 10 heteroatoms. The van der Waals surface area contributed by atoms with E-state index in [9.17, 15) is 0 Å². The Morgan fingerprint density at radius 2 is 1.69 bits per heavy atom. The van der Waals surface area contributed by atoms with Gasteiger partial charge in [0.1, 0.15) is 11.6 Å². The second-order valence-corrected chi connectivity index (χ2v) is 16.0. The molecule has 45 heavy (non-hydrogen) atoms. The topological polar surface area (TPSA) is 78.4 Å². The zero-order chi connectivity index (χ0) is 31.1. The van der Waals surface area contributed by atoms with E-state index in [1.54, 1.807) is 13.3 Å². The number of aromatic nitrogens is 3. The largest absolute Gasteiger partial charge is 0.495 e. The molecule has 2 aromatic carbocycles. The third kappa shape index (κ3) is 6.49. The van der Waals surface area contributed by atoms with Gasteiger partial charge in [-0.25, -0.2) is 4.98 Å². The monoisotopic (exact) mass is 687 g/mol. The quantitative estimate of drug-likeness (QED) is 0.172. The number of halogens is 1. The molecule has 0 bridgehead atoms. The van der Waals surface area contributed by atoms with Crippen molar-refractivity contribution in [3.05, 3.63) is 58.3 Å². The summed E-state index contributed by atoms with van der Waals surface area (Å²) in [5.74, 6) is 2.75. The molecule has 2 N–H and O–H groups in total. The first-order valence-electron chi connectivity index (χ1n) is 16.2. The highest BCUT2D eigenvalue weighted by Crippen LogP contribution is 2.41. The van der Waals surface area contributed by atoms with Crippen LogP contribution >= 0.6 is 23.9 Å². The van der Waals surface area contributed by atoms with Gasteiger partial charge < -0.3 is 20.3 Å². The van der Waals surface area contributed by atoms with Crippen LogP contribution in [0.5, 0.6) is 5.75 Å². The van der Waals surface area contributed by atoms with Crippen LogP contribution in [0.25, 0.3) is 10.9 Å². The van der Waals surface area contributed by atoms with Gasteiger partial charge in [-0.1, -0.05) is 26.8 Å². The highest BCUT2D eigenvalue weighted by Gasteiger charge is 2.28. The SMILES string of the molecule is COc1cc(Nc2ncc(Br)c(Nc3ccc4nc(C5CC5)ccc4c3P(C)C)n2)c(C)cc1N1CCN(C2CCCC2)CC1. The third-order valence-corrected chi connectivity index (χ3v) is 11.5. The minimum Gasteiger partial charge on any atom is -0.495 e. The maximum atomic E-state index is 5.92. The van der Waals surface area contributed by atoms with Crippen LogP contribution in [-0.2, 0) is 0 Å². The van der Waals surface area contributed by atoms with Gasteiger partial charge in [0, 0.05) is 78.2 Å². The highest BCUT2D eigenvalue weighted by molar-refractivity contribution is 9.10. The molecule has 0 unspecified atom stereocenters. The van der Waals surface area contributed by atoms with Crippen molar-refractivity contribution in [1.82, 2.24) is 19.9 Å². The zero-order valence-electron chi connectivity index (χ0n) is 26.7. The van der Waals surface area contributed by atoms with Gasteiger partial charge in [0.15, 0.2) is 0 Å². The van der Waals surface area contributed by atoms with Crippen LogP contribution in [0, 0.1) is 6.92 Å². The average molecular weight is 689 g/mol. The van der Waals surface area contributed by atoms with Gasteiger partial charge in [0.25, 0.3) is 0 Å². The number of nitrogens with one attached hydrogen (secondary N) is 2. The number of benzene rings is 2. The van der Waals surface area contributed by atoms with E-state index < -0.39 is 7.92 Å². The lowest BCUT2D eigenvalue weighted by Crippen LogP contribution is -2.49. The number of anilines is 5. The summed E-state index contributed by atoms with van der Waals surface area (Å²) >= 11 is 3.68. The number of methoxy groups -OCH3 is 1. The lowest BCUT2D eigenvalue weighted by Gasteiger charge is -2.39. The number of nitrogens with zero attached hydrogens (tertiary/aromatic N) is 5. The molecule has 0 amide bonds. The molecule has 0 atom stereocenters. The highest BCUT2D eigenvalue weighted by atomic mass is 79.9. The number of rotatable bonds is 9. The maximum absolute atomic E-state index is 5.92. The number of hydrogen-bond acceptors (Lipinski definition) is 8. The third-order valence-electron chi connectivity index (χ3n) is 9.57. The van der Waals surface area contributed by atoms with E-state index in [4.69, 9.17) is 14.7 Å². The van der Waals surface area contributed by atoms with Crippen LogP contribution in [0.15, 0.2) is 47.1 Å². The van der Waals surface area contributed by atoms with E-state index in [0.29, 0.717) is 17.7 Å². The molecule has 1 aliphatic heterocycles. The molecule has 2 aliphatic carbocycles. The van der Waals surface area contributed by atoms with E-state index in [2.05, 4.69) is 98.0 Å². The normalized spacial score (nSPS) is 17.8. The summed E-state index contributed by atoms with van der Waals surface area (Å²) in [7, 11) is 1.35. The number of hydrogen-bond donors (Lipinski definition) is 2. The van der Waals surface area contributed by atoms with Gasteiger partial charge in [-0.05, 0) is 91.7 Å². The Labute approximate surface area is 276 Å². The summed E-state index contributed by atoms with van der Waals surface area (Å²) in [6, 6.07) is 13.9. The molecule has 0 radical (unpaired) electrons. The number of piperazine rings is 1. The molecule has 7 rings (SSSR count). The fourth-order valence-electron chi connectivity index (χ4n) is 6.97. The number of pyridine rings is 1. The van der Waals surface area contributed by atoms with Gasteiger partial charge in [-0.15, -0.1) is 0 Å². The van der Waals surface area contributed by atoms with Crippen LogP contribution < -0.4 is 25.6 Å². The van der Waals surface area contributed by atoms with Gasteiger partial charge in [-0.3, -0.25) is 9.88 Å². The molecule has 2 saturated carbocycles. The Morgan fingerprint density at radius 3 is 2.40 bits per heavy atom. The molecule has 4 aromatic rings. The van der Waals surface area contributed by atoms with Gasteiger partial charge in [0.05, 0.1) is 22.8 Å². The Bertz CT molecular complexity index is 1700. The smallest absolute Gasteiger partial charge is 0.229 e. The van der Waals surface area contributed by atoms with Crippen molar-refractivity contribution in [3.8, 4) is 5.75 Å². The molecular formula is C35H43BrN7OP. The average Bonchev–Trinajstić information content (AvgIpc) is 3.76. The van der Waals surface area contributed by atoms with Gasteiger partial charge >= 0.3 is 0 Å². The summed E-state index contributed by atoms with van der Waals surface area (Å²) in [6.45, 7) is 11.0. The standard InChI is InChI=1S/C35H43BrN7OP/c1-22-19-31(43-17-15-42(16-18-43)24-7-5-6-8-24)32(44-2)20-30(22)40-35-37-21-26(36)34(41-35)39-29-14-13-28-25(33(29)45(3)4)11-12-27(38-28)23-9-10-23/h11-14,19-21,23-24H,5-10,15-18H2,1-4H3,(H2,37,39,40,41). The van der Waals surface area contributed by atoms with Crippen molar-refractivity contribution in [3.63, 3.8) is 0 Å². The van der Waals surface area contributed by atoms with Crippen LogP contribution in [0.3, 0.4) is 0 Å². The first-order valence-corrected chi connectivity index (χ1v) is 19.3. The fraction of sp³-hybridized carbons (Fsp3) is 0.457. The molecule has 3 fully saturated rings. The lowest BCUT2D eigenvalue weighted by atomic mass is 10.1. The zero-order valence-corrected chi connectivity index (χ0v) is 29.2. The Balaban J connectivity index is 1.11. The predicted octanol–water partition coefficient (Wildman–Crippen LogP) is 7.90. The molecule has 8 nitrogen and oxygen atoms in total. The molecule has 1 saturated heterocycles. The van der Waals surface area contributed by atoms with Crippen LogP contribution in [0.4, 0.5) is 28.8 Å². The van der Waals surface area contributed by atoms with E-state index in [0.717, 1.165) is 70.6 Å². The van der Waals surface area contributed by atoms with E-state index in [1.807, 2.05) is 0 Å². The molecule has 2 aromatic heterocycles. The summed E-state index contributed by atoms with van der Waals surface area (Å²) in [5.41, 5.74) is 6.57. The van der Waals surface area contributed by atoms with Crippen LogP contribution in [-0.4, -0.2) is 72.5 Å². The second-order valence-electron chi connectivity index (χ2n) is 12.9. The van der Waals surface area contributed by atoms with Crippen molar-refractivity contribution >= 4 is 68.9 Å². The molecule has 3 heterocycles. The fourth-order valence-corrected chi connectivity index (χ4v) is 8.55. The Kier molecular flexibility index (Phi) is 8.86. The lowest BCUT2D eigenvalue weighted by molar-refractivity contribution is 0.187. The summed E-state index contributed by atoms with van der Waals surface area (Å²) in [6.07, 6.45) is 9.80. The van der Waals surface area contributed by atoms with E-state index in [-0.39, 0.29) is 0 Å². The molecular weight excluding hydrogens is 645 g/mol. The van der Waals surface area contributed by atoms with Crippen molar-refractivity contribution in [2.75, 3.05) is 62.2 Å². The summed E-state index contributed by atoms with van der Waals surface area (Å²) < 4.78 is 6.72. The Morgan fingerprint density at radius 1 is 0.911 bits per heavy atom. The molecule has 236 valence electrons. The maximum Gasteiger partial charge on any atom is 0.229 e. The summed E-state index contributed by atoms with van der Waals surface area (Å²) in [5, 5.41) is 9.60. The van der Waals surface area contributed by atoms with Crippen molar-refractivity contribution in [1.29, 1.82) is 0 Å². The molecule has 0 spiro atoms. The van der Waals surface area contributed by atoms with E-state index >= 15 is 0 Å². The van der Waals surface area contributed by atoms with Crippen molar-refractivity contribution < 1.29 is 4.74 Å². The van der Waals surface area contributed by atoms with Gasteiger partial charge in [0.2, 0.25) is 5.95 Å². The minimum absolute atomic E-state index is 0.400. The summed E-state index contributed by atoms with van der Waals surface area (Å²) in [4.78, 5) is 19.7. The number of fused-ring (bicyclic) bond motifs is 1. The number of aryl methyl sites for hydroxylation is 1. The van der Waals surface area contributed by atoms with Crippen molar-refractivity contribution in [2.45, 2.75) is 57.4 Å². The molecule has 3 aliphatic rings.